The number of hydrogen-bond acceptors (Lipinski definition) is 4. The highest BCUT2D eigenvalue weighted by atomic mass is 79.9. The minimum atomic E-state index is -0.164. The van der Waals surface area contributed by atoms with Crippen molar-refractivity contribution >= 4 is 38.0 Å². The molecule has 2 aromatic rings. The van der Waals surface area contributed by atoms with Crippen molar-refractivity contribution in [3.05, 3.63) is 17.3 Å². The number of aromatic nitrogens is 2. The molecule has 3 rings (SSSR count). The van der Waals surface area contributed by atoms with Crippen LogP contribution >= 0.6 is 27.3 Å². The summed E-state index contributed by atoms with van der Waals surface area (Å²) in [4.78, 5) is 8.23. The molecule has 0 aliphatic carbocycles. The zero-order valence-electron chi connectivity index (χ0n) is 12.3. The Labute approximate surface area is 131 Å². The van der Waals surface area contributed by atoms with Crippen LogP contribution in [0.4, 0.5) is 5.82 Å². The van der Waals surface area contributed by atoms with Crippen LogP contribution in [0.15, 0.2) is 11.6 Å². The normalized spacial score (nSPS) is 21.6. The third-order valence-corrected chi connectivity index (χ3v) is 4.75. The first-order valence-electron chi connectivity index (χ1n) is 6.77. The molecule has 1 fully saturated rings. The van der Waals surface area contributed by atoms with E-state index in [1.165, 1.54) is 5.69 Å². The fourth-order valence-corrected chi connectivity index (χ4v) is 4.39. The number of morpholine rings is 1. The molecule has 0 radical (unpaired) electrons. The number of rotatable bonds is 2. The molecular weight excluding hydrogens is 338 g/mol. The lowest BCUT2D eigenvalue weighted by Crippen LogP contribution is -2.57. The van der Waals surface area contributed by atoms with E-state index in [2.05, 4.69) is 64.5 Å². The van der Waals surface area contributed by atoms with Gasteiger partial charge in [0.25, 0.3) is 0 Å². The van der Waals surface area contributed by atoms with Crippen molar-refractivity contribution in [1.82, 2.24) is 9.38 Å². The first-order valence-corrected chi connectivity index (χ1v) is 8.77. The minimum absolute atomic E-state index is 0.164. The Balaban J connectivity index is 2.03. The molecule has 0 unspecified atom stereocenters. The maximum Gasteiger partial charge on any atom is 0.195 e. The van der Waals surface area contributed by atoms with Gasteiger partial charge < -0.3 is 9.64 Å². The van der Waals surface area contributed by atoms with Gasteiger partial charge in [-0.25, -0.2) is 4.98 Å². The number of anilines is 1. The Kier molecular flexibility index (Phi) is 3.38. The lowest BCUT2D eigenvalue weighted by molar-refractivity contribution is -0.133. The fourth-order valence-electron chi connectivity index (χ4n) is 3.14. The van der Waals surface area contributed by atoms with E-state index in [1.807, 2.05) is 0 Å². The van der Waals surface area contributed by atoms with Crippen molar-refractivity contribution in [3.8, 4) is 0 Å². The molecule has 0 atom stereocenters. The van der Waals surface area contributed by atoms with E-state index < -0.39 is 0 Å². The van der Waals surface area contributed by atoms with Crippen LogP contribution in [0.1, 0.15) is 33.4 Å². The molecule has 1 saturated heterocycles. The van der Waals surface area contributed by atoms with E-state index in [0.29, 0.717) is 0 Å². The molecule has 0 aromatic carbocycles. The van der Waals surface area contributed by atoms with Crippen LogP contribution in [0.3, 0.4) is 0 Å². The quantitative estimate of drug-likeness (QED) is 0.767. The molecule has 20 heavy (non-hydrogen) atoms. The Morgan fingerprint density at radius 3 is 2.55 bits per heavy atom. The van der Waals surface area contributed by atoms with E-state index in [9.17, 15) is 0 Å². The topological polar surface area (TPSA) is 29.8 Å². The van der Waals surface area contributed by atoms with Crippen molar-refractivity contribution in [2.75, 3.05) is 18.0 Å². The molecule has 2 aromatic heterocycles. The first-order chi connectivity index (χ1) is 9.31. The Hall–Kier alpha value is -0.590. The van der Waals surface area contributed by atoms with Crippen molar-refractivity contribution in [3.63, 3.8) is 0 Å². The molecule has 4 nitrogen and oxygen atoms in total. The summed E-state index contributed by atoms with van der Waals surface area (Å²) in [6.07, 6.45) is 2.09. The van der Waals surface area contributed by atoms with Gasteiger partial charge in [-0.1, -0.05) is 15.9 Å². The fraction of sp³-hybridized carbons (Fsp3) is 0.643. The second kappa shape index (κ2) is 4.71. The van der Waals surface area contributed by atoms with Crippen LogP contribution in [-0.4, -0.2) is 33.7 Å². The number of imidazole rings is 1. The number of ether oxygens (including phenoxy) is 1. The lowest BCUT2D eigenvalue weighted by atomic mass is 9.99. The summed E-state index contributed by atoms with van der Waals surface area (Å²) in [5.74, 6) is 1.08. The van der Waals surface area contributed by atoms with Gasteiger partial charge in [-0.05, 0) is 27.7 Å². The Bertz CT molecular complexity index is 615. The van der Waals surface area contributed by atoms with Crippen LogP contribution in [0, 0.1) is 0 Å². The van der Waals surface area contributed by atoms with Crippen molar-refractivity contribution in [2.24, 2.45) is 0 Å². The van der Waals surface area contributed by atoms with Gasteiger partial charge in [-0.2, -0.15) is 0 Å². The monoisotopic (exact) mass is 357 g/mol. The van der Waals surface area contributed by atoms with E-state index in [4.69, 9.17) is 9.72 Å². The highest BCUT2D eigenvalue weighted by molar-refractivity contribution is 9.08. The molecular formula is C14H20BrN3OS. The number of alkyl halides is 1. The third kappa shape index (κ3) is 2.49. The smallest absolute Gasteiger partial charge is 0.195 e. The van der Waals surface area contributed by atoms with Crippen molar-refractivity contribution in [2.45, 2.75) is 44.2 Å². The second-order valence-corrected chi connectivity index (χ2v) is 7.98. The summed E-state index contributed by atoms with van der Waals surface area (Å²) >= 11 is 5.28. The molecule has 110 valence electrons. The number of halogens is 1. The standard InChI is InChI=1S/C14H20BrN3OS/c1-13(2)8-17(9-14(3,4)19-13)11-10(7-15)18-5-6-20-12(18)16-11/h5-6H,7-9H2,1-4H3. The molecule has 3 heterocycles. The molecule has 0 saturated carbocycles. The number of nitrogens with zero attached hydrogens (tertiary/aromatic N) is 3. The van der Waals surface area contributed by atoms with E-state index >= 15 is 0 Å². The predicted molar refractivity (Wildman–Crippen MR) is 87.2 cm³/mol. The summed E-state index contributed by atoms with van der Waals surface area (Å²) in [6, 6.07) is 0. The molecule has 0 N–H and O–H groups in total. The van der Waals surface area contributed by atoms with E-state index in [-0.39, 0.29) is 11.2 Å². The average molecular weight is 358 g/mol. The second-order valence-electron chi connectivity index (χ2n) is 6.55. The first kappa shape index (κ1) is 14.4. The molecule has 0 amide bonds. The van der Waals surface area contributed by atoms with Gasteiger partial charge in [0.05, 0.1) is 16.9 Å². The van der Waals surface area contributed by atoms with Gasteiger partial charge in [-0.3, -0.25) is 4.40 Å². The number of hydrogen-bond donors (Lipinski definition) is 0. The highest BCUT2D eigenvalue weighted by Gasteiger charge is 2.39. The van der Waals surface area contributed by atoms with Crippen molar-refractivity contribution in [1.29, 1.82) is 0 Å². The zero-order valence-corrected chi connectivity index (χ0v) is 14.7. The molecule has 0 bridgehead atoms. The van der Waals surface area contributed by atoms with E-state index in [1.54, 1.807) is 11.3 Å². The average Bonchev–Trinajstić information content (AvgIpc) is 2.82. The van der Waals surface area contributed by atoms with E-state index in [0.717, 1.165) is 29.2 Å². The maximum absolute atomic E-state index is 6.16. The van der Waals surface area contributed by atoms with Crippen LogP contribution in [0.25, 0.3) is 4.96 Å². The Morgan fingerprint density at radius 2 is 1.95 bits per heavy atom. The third-order valence-electron chi connectivity index (χ3n) is 3.46. The maximum atomic E-state index is 6.16. The van der Waals surface area contributed by atoms with Crippen LogP contribution in [0.2, 0.25) is 0 Å². The van der Waals surface area contributed by atoms with Gasteiger partial charge in [0.2, 0.25) is 0 Å². The molecule has 1 aliphatic heterocycles. The van der Waals surface area contributed by atoms with Gasteiger partial charge >= 0.3 is 0 Å². The molecule has 0 spiro atoms. The molecule has 1 aliphatic rings. The summed E-state index contributed by atoms with van der Waals surface area (Å²) in [6.45, 7) is 10.3. The van der Waals surface area contributed by atoms with Gasteiger partial charge in [0, 0.05) is 30.0 Å². The summed E-state index contributed by atoms with van der Waals surface area (Å²) < 4.78 is 8.33. The zero-order chi connectivity index (χ0) is 14.5. The number of thiazole rings is 1. The van der Waals surface area contributed by atoms with Crippen LogP contribution in [0.5, 0.6) is 0 Å². The van der Waals surface area contributed by atoms with Crippen molar-refractivity contribution < 1.29 is 4.74 Å². The number of fused-ring (bicyclic) bond motifs is 1. The van der Waals surface area contributed by atoms with Crippen LogP contribution < -0.4 is 4.90 Å². The highest BCUT2D eigenvalue weighted by Crippen LogP contribution is 2.34. The Morgan fingerprint density at radius 1 is 1.30 bits per heavy atom. The van der Waals surface area contributed by atoms with Crippen LogP contribution in [-0.2, 0) is 10.1 Å². The lowest BCUT2D eigenvalue weighted by Gasteiger charge is -2.47. The summed E-state index contributed by atoms with van der Waals surface area (Å²) in [7, 11) is 0. The minimum Gasteiger partial charge on any atom is -0.366 e. The van der Waals surface area contributed by atoms with Gasteiger partial charge in [0.1, 0.15) is 0 Å². The van der Waals surface area contributed by atoms with Gasteiger partial charge in [0.15, 0.2) is 10.8 Å². The summed E-state index contributed by atoms with van der Waals surface area (Å²) in [5.41, 5.74) is 0.889. The predicted octanol–water partition coefficient (Wildman–Crippen LogP) is 3.68. The largest absolute Gasteiger partial charge is 0.366 e. The van der Waals surface area contributed by atoms with Gasteiger partial charge in [-0.15, -0.1) is 11.3 Å². The molecule has 6 heteroatoms. The summed E-state index contributed by atoms with van der Waals surface area (Å²) in [5, 5.41) is 2.88. The SMILES string of the molecule is CC1(C)CN(c2nc3sccn3c2CBr)CC(C)(C)O1.